The summed E-state index contributed by atoms with van der Waals surface area (Å²) in [6.45, 7) is 11.6. The lowest BCUT2D eigenvalue weighted by molar-refractivity contribution is 0.0137. The number of piperazine rings is 1. The van der Waals surface area contributed by atoms with Crippen molar-refractivity contribution in [2.45, 2.75) is 33.8 Å². The lowest BCUT2D eigenvalue weighted by Crippen LogP contribution is -2.51. The van der Waals surface area contributed by atoms with Gasteiger partial charge in [0.05, 0.1) is 11.7 Å². The van der Waals surface area contributed by atoms with E-state index in [4.69, 9.17) is 0 Å². The molecular formula is C18H27N5O2. The second kappa shape index (κ2) is 6.72. The normalized spacial score (nSPS) is 17.9. The maximum Gasteiger partial charge on any atom is 0.255 e. The third-order valence-corrected chi connectivity index (χ3v) is 4.94. The van der Waals surface area contributed by atoms with E-state index in [9.17, 15) is 9.90 Å². The molecule has 0 unspecified atom stereocenters. The number of rotatable bonds is 3. The van der Waals surface area contributed by atoms with E-state index >= 15 is 0 Å². The third-order valence-electron chi connectivity index (χ3n) is 4.94. The summed E-state index contributed by atoms with van der Waals surface area (Å²) in [5.41, 5.74) is 2.02. The fraction of sp³-hybridized carbons (Fsp3) is 0.611. The minimum Gasteiger partial charge on any atom is -0.391 e. The van der Waals surface area contributed by atoms with Gasteiger partial charge >= 0.3 is 0 Å². The Kier molecular flexibility index (Phi) is 4.79. The van der Waals surface area contributed by atoms with Gasteiger partial charge in [0.2, 0.25) is 0 Å². The molecule has 7 nitrogen and oxygen atoms in total. The number of nitrogens with one attached hydrogen (secondary N) is 1. The van der Waals surface area contributed by atoms with Crippen molar-refractivity contribution in [3.05, 3.63) is 23.5 Å². The molecule has 136 valence electrons. The second-order valence-corrected chi connectivity index (χ2v) is 7.92. The highest BCUT2D eigenvalue weighted by molar-refractivity contribution is 5.97. The van der Waals surface area contributed by atoms with Crippen LogP contribution in [0.15, 0.2) is 12.3 Å². The zero-order valence-electron chi connectivity index (χ0n) is 15.4. The summed E-state index contributed by atoms with van der Waals surface area (Å²) < 4.78 is 0. The first-order valence-electron chi connectivity index (χ1n) is 8.76. The van der Waals surface area contributed by atoms with E-state index in [1.807, 2.05) is 38.7 Å². The molecule has 0 aliphatic carbocycles. The van der Waals surface area contributed by atoms with Gasteiger partial charge in [0.15, 0.2) is 5.65 Å². The van der Waals surface area contributed by atoms with Gasteiger partial charge in [-0.05, 0) is 18.4 Å². The molecule has 1 aliphatic rings. The zero-order valence-corrected chi connectivity index (χ0v) is 15.4. The number of hydrogen-bond donors (Lipinski definition) is 2. The molecule has 7 heteroatoms. The number of aryl methyl sites for hydroxylation is 1. The van der Waals surface area contributed by atoms with Crippen LogP contribution in [0.3, 0.4) is 0 Å². The first-order chi connectivity index (χ1) is 11.8. The molecule has 2 aromatic rings. The number of amides is 1. The molecule has 1 aliphatic heterocycles. The third kappa shape index (κ3) is 3.82. The highest BCUT2D eigenvalue weighted by Crippen LogP contribution is 2.21. The summed E-state index contributed by atoms with van der Waals surface area (Å²) in [6.07, 6.45) is 1.23. The Morgan fingerprint density at radius 1 is 1.32 bits per heavy atom. The van der Waals surface area contributed by atoms with Crippen LogP contribution in [0.4, 0.5) is 0 Å². The minimum atomic E-state index is -0.370. The molecule has 0 saturated carbocycles. The highest BCUT2D eigenvalue weighted by Gasteiger charge is 2.28. The van der Waals surface area contributed by atoms with Gasteiger partial charge < -0.3 is 10.0 Å². The van der Waals surface area contributed by atoms with Crippen molar-refractivity contribution in [1.82, 2.24) is 25.0 Å². The number of H-pyrrole nitrogens is 1. The van der Waals surface area contributed by atoms with Crippen molar-refractivity contribution in [3.63, 3.8) is 0 Å². The van der Waals surface area contributed by atoms with Gasteiger partial charge in [0.1, 0.15) is 0 Å². The van der Waals surface area contributed by atoms with Gasteiger partial charge in [-0.3, -0.25) is 14.8 Å². The number of carbonyl (C=O) groups excluding carboxylic acids is 1. The van der Waals surface area contributed by atoms with E-state index in [0.717, 1.165) is 24.2 Å². The first kappa shape index (κ1) is 17.8. The summed E-state index contributed by atoms with van der Waals surface area (Å²) in [6, 6.07) is 1.86. The monoisotopic (exact) mass is 345 g/mol. The molecule has 2 N–H and O–H groups in total. The summed E-state index contributed by atoms with van der Waals surface area (Å²) >= 11 is 0. The predicted molar refractivity (Wildman–Crippen MR) is 96.4 cm³/mol. The molecule has 2 aromatic heterocycles. The lowest BCUT2D eigenvalue weighted by atomic mass is 9.89. The number of aliphatic hydroxyl groups is 1. The van der Waals surface area contributed by atoms with Crippen LogP contribution in [0, 0.1) is 12.3 Å². The summed E-state index contributed by atoms with van der Waals surface area (Å²) in [4.78, 5) is 21.1. The van der Waals surface area contributed by atoms with E-state index in [2.05, 4.69) is 20.1 Å². The highest BCUT2D eigenvalue weighted by atomic mass is 16.3. The van der Waals surface area contributed by atoms with Crippen molar-refractivity contribution < 1.29 is 9.90 Å². The molecule has 1 fully saturated rings. The number of pyridine rings is 1. The zero-order chi connectivity index (χ0) is 18.2. The van der Waals surface area contributed by atoms with Crippen molar-refractivity contribution >= 4 is 16.9 Å². The Hall–Kier alpha value is -1.99. The van der Waals surface area contributed by atoms with E-state index < -0.39 is 0 Å². The topological polar surface area (TPSA) is 85.4 Å². The molecule has 1 atom stereocenters. The molecule has 0 radical (unpaired) electrons. The predicted octanol–water partition coefficient (Wildman–Crippen LogP) is 1.43. The first-order valence-corrected chi connectivity index (χ1v) is 8.76. The second-order valence-electron chi connectivity index (χ2n) is 7.92. The lowest BCUT2D eigenvalue weighted by Gasteiger charge is -2.38. The van der Waals surface area contributed by atoms with E-state index in [0.29, 0.717) is 30.8 Å². The van der Waals surface area contributed by atoms with Crippen molar-refractivity contribution in [2.75, 3.05) is 32.7 Å². The fourth-order valence-corrected chi connectivity index (χ4v) is 2.97. The maximum absolute atomic E-state index is 12.8. The number of nitrogens with zero attached hydrogens (tertiary/aromatic N) is 4. The average Bonchev–Trinajstić information content (AvgIpc) is 2.95. The summed E-state index contributed by atoms with van der Waals surface area (Å²) in [5.74, 6) is 0.00557. The van der Waals surface area contributed by atoms with Crippen LogP contribution in [0.5, 0.6) is 0 Å². The largest absolute Gasteiger partial charge is 0.391 e. The van der Waals surface area contributed by atoms with Crippen LogP contribution in [0.2, 0.25) is 0 Å². The number of fused-ring (bicyclic) bond motifs is 1. The van der Waals surface area contributed by atoms with Gasteiger partial charge in [-0.1, -0.05) is 20.8 Å². The van der Waals surface area contributed by atoms with E-state index in [1.54, 1.807) is 6.20 Å². The molecule has 1 amide bonds. The summed E-state index contributed by atoms with van der Waals surface area (Å²) in [5, 5.41) is 18.1. The van der Waals surface area contributed by atoms with Crippen LogP contribution in [0.25, 0.3) is 11.0 Å². The van der Waals surface area contributed by atoms with Gasteiger partial charge in [0.25, 0.3) is 5.91 Å². The molecule has 25 heavy (non-hydrogen) atoms. The van der Waals surface area contributed by atoms with Crippen LogP contribution < -0.4 is 0 Å². The quantitative estimate of drug-likeness (QED) is 0.879. The maximum atomic E-state index is 12.8. The minimum absolute atomic E-state index is 0.00557. The molecule has 0 aromatic carbocycles. The van der Waals surface area contributed by atoms with Crippen molar-refractivity contribution in [2.24, 2.45) is 5.41 Å². The van der Waals surface area contributed by atoms with Crippen molar-refractivity contribution in [1.29, 1.82) is 0 Å². The standard InChI is InChI=1S/C18H27N5O2/c1-12-14-9-13(10-19-16(14)21-20-12)17(25)23-7-5-22(6-8-23)11-15(24)18(2,3)4/h9-10,15,24H,5-8,11H2,1-4H3,(H,19,20,21)/t15-/m0/s1. The van der Waals surface area contributed by atoms with Gasteiger partial charge in [-0.25, -0.2) is 4.98 Å². The van der Waals surface area contributed by atoms with Gasteiger partial charge in [-0.15, -0.1) is 0 Å². The van der Waals surface area contributed by atoms with Gasteiger partial charge in [0, 0.05) is 50.0 Å². The summed E-state index contributed by atoms with van der Waals surface area (Å²) in [7, 11) is 0. The molecule has 3 heterocycles. The Morgan fingerprint density at radius 2 is 2.00 bits per heavy atom. The van der Waals surface area contributed by atoms with Crippen LogP contribution in [0.1, 0.15) is 36.8 Å². The Labute approximate surface area is 148 Å². The number of β-amino-alcohol motifs (C(OH)–C–C–N with tert-alkyl or cyclic N) is 1. The molecular weight excluding hydrogens is 318 g/mol. The Bertz CT molecular complexity index is 756. The SMILES string of the molecule is Cc1[nH]nc2ncc(C(=O)N3CCN(C[C@H](O)C(C)(C)C)CC3)cc12. The number of carbonyl (C=O) groups is 1. The van der Waals surface area contributed by atoms with Crippen LogP contribution in [-0.4, -0.2) is 74.8 Å². The van der Waals surface area contributed by atoms with E-state index in [1.165, 1.54) is 0 Å². The number of aromatic amines is 1. The van der Waals surface area contributed by atoms with Gasteiger partial charge in [-0.2, -0.15) is 5.10 Å². The molecule has 3 rings (SSSR count). The number of hydrogen-bond acceptors (Lipinski definition) is 5. The van der Waals surface area contributed by atoms with Crippen LogP contribution in [-0.2, 0) is 0 Å². The van der Waals surface area contributed by atoms with Crippen molar-refractivity contribution in [3.8, 4) is 0 Å². The van der Waals surface area contributed by atoms with Crippen LogP contribution >= 0.6 is 0 Å². The Morgan fingerprint density at radius 3 is 2.64 bits per heavy atom. The molecule has 1 saturated heterocycles. The van der Waals surface area contributed by atoms with E-state index in [-0.39, 0.29) is 17.4 Å². The Balaban J connectivity index is 1.62. The average molecular weight is 345 g/mol. The smallest absolute Gasteiger partial charge is 0.255 e. The molecule has 0 spiro atoms. The number of aliphatic hydroxyl groups excluding tert-OH is 1. The fourth-order valence-electron chi connectivity index (χ4n) is 2.97. The molecule has 0 bridgehead atoms. The number of aromatic nitrogens is 3.